The van der Waals surface area contributed by atoms with Gasteiger partial charge in [-0.05, 0) is 284 Å². The Labute approximate surface area is 824 Å². The van der Waals surface area contributed by atoms with Crippen molar-refractivity contribution in [2.45, 2.75) is 77.0 Å². The highest BCUT2D eigenvalue weighted by atomic mass is 32.1. The van der Waals surface area contributed by atoms with E-state index in [1.807, 2.05) is 28.7 Å². The quantitative estimate of drug-likeness (QED) is 0.122. The Morgan fingerprint density at radius 3 is 1.11 bits per heavy atom. The number of rotatable bonds is 12. The number of hydrogen-bond acceptors (Lipinski definition) is 6. The molecule has 0 spiro atoms. The fraction of sp³-hybridized carbons (Fsp3) is 0.0896. The smallest absolute Gasteiger partial charge is 0.136 e. The van der Waals surface area contributed by atoms with Crippen molar-refractivity contribution in [3.05, 3.63) is 499 Å². The van der Waals surface area contributed by atoms with Crippen LogP contribution in [0.15, 0.2) is 459 Å². The molecule has 0 aliphatic heterocycles. The number of anilines is 9. The van der Waals surface area contributed by atoms with E-state index in [2.05, 4.69) is 519 Å². The second-order valence-corrected chi connectivity index (χ2v) is 42.3. The SMILES string of the molecule is CC1(C)c2cc(N(c3ccccc3)c3ccc4cc(-c5ccccc5)ccc4c3)ccc2-c2c1ccc1oc3ccccc3c21.CC1(C)c2cc(N(c3ccccc3)c3ccc4cc(-c5ccccc5)ccc4c3)ccc2-c2c1ccc1sc3ccccc3c21.CC1(C)c2ccccc2-c2ccc(N(c3ccc4c(c3)sc3ccc5c(c34)-c3ccccc3C5(C)C)c3ccccc3-c3ccccc3)cc21. The molecule has 668 valence electrons. The third kappa shape index (κ3) is 13.6. The second kappa shape index (κ2) is 32.8. The first-order valence-electron chi connectivity index (χ1n) is 48.8. The molecular weight excluding hydrogens is 1730 g/mol. The first-order valence-corrected chi connectivity index (χ1v) is 50.4. The lowest BCUT2D eigenvalue weighted by Gasteiger charge is -2.30. The summed E-state index contributed by atoms with van der Waals surface area (Å²) in [6, 6.07) is 167. The minimum absolute atomic E-state index is 0.0206. The average Bonchev–Trinajstić information content (AvgIpc) is 1.55. The van der Waals surface area contributed by atoms with E-state index in [-0.39, 0.29) is 21.7 Å². The van der Waals surface area contributed by atoms with Crippen LogP contribution in [-0.2, 0) is 21.7 Å². The van der Waals surface area contributed by atoms with Gasteiger partial charge in [0.2, 0.25) is 0 Å². The van der Waals surface area contributed by atoms with Gasteiger partial charge in [0.15, 0.2) is 0 Å². The van der Waals surface area contributed by atoms with Crippen LogP contribution in [-0.4, -0.2) is 0 Å². The van der Waals surface area contributed by atoms with Crippen LogP contribution in [0.1, 0.15) is 99.9 Å². The Bertz CT molecular complexity index is 8790. The van der Waals surface area contributed by atoms with Crippen LogP contribution in [0.5, 0.6) is 0 Å². The highest BCUT2D eigenvalue weighted by molar-refractivity contribution is 7.26. The fourth-order valence-electron chi connectivity index (χ4n) is 23.7. The highest BCUT2D eigenvalue weighted by Crippen LogP contribution is 2.61. The van der Waals surface area contributed by atoms with Gasteiger partial charge in [-0.25, -0.2) is 0 Å². The molecule has 3 heterocycles. The molecule has 4 nitrogen and oxygen atoms in total. The molecule has 0 radical (unpaired) electrons. The molecule has 0 unspecified atom stereocenters. The Balaban J connectivity index is 0.000000108. The average molecular weight is 1830 g/mol. The lowest BCUT2D eigenvalue weighted by molar-refractivity contribution is 0.656. The molecule has 0 saturated heterocycles. The van der Waals surface area contributed by atoms with E-state index < -0.39 is 0 Å². The third-order valence-electron chi connectivity index (χ3n) is 30.7. The van der Waals surface area contributed by atoms with E-state index in [0.717, 1.165) is 45.3 Å². The van der Waals surface area contributed by atoms with Crippen LogP contribution < -0.4 is 14.7 Å². The molecule has 0 N–H and O–H groups in total. The van der Waals surface area contributed by atoms with Crippen LogP contribution in [0.3, 0.4) is 0 Å². The van der Waals surface area contributed by atoms with Crippen molar-refractivity contribution >= 4 is 158 Å². The maximum atomic E-state index is 6.30. The van der Waals surface area contributed by atoms with Gasteiger partial charge in [-0.2, -0.15) is 0 Å². The largest absolute Gasteiger partial charge is 0.456 e. The zero-order valence-electron chi connectivity index (χ0n) is 79.4. The minimum atomic E-state index is -0.160. The van der Waals surface area contributed by atoms with E-state index in [0.29, 0.717) is 0 Å². The third-order valence-corrected chi connectivity index (χ3v) is 33.0. The standard InChI is InChI=1S/C48H37NS.C43H31NO.C43H31NS/c1-47(2)39-20-12-9-18-36(39)45-40(47)26-27-43-46(45)37-25-23-32(29-44(37)50-43)49(42-21-13-10-16-33(42)30-14-6-5-7-15-30)31-22-24-35-34-17-8-11-19-38(34)48(3,4)41(35)28-31;2*1-43(2)37-23-24-40-42(36-15-9-10-16-39(36)45-40)41(37)35-22-21-34(27-38(35)43)44(32-13-7-4-8-14-32)33-20-19-30-25-29(17-18-31(30)26-33)28-11-5-3-6-12-28/h5-29H,1-4H3;2*3-27H,1-2H3. The van der Waals surface area contributed by atoms with Gasteiger partial charge >= 0.3 is 0 Å². The van der Waals surface area contributed by atoms with Gasteiger partial charge in [0.25, 0.3) is 0 Å². The summed E-state index contributed by atoms with van der Waals surface area (Å²) in [6.07, 6.45) is 0. The number of para-hydroxylation sites is 4. The molecule has 0 amide bonds. The van der Waals surface area contributed by atoms with E-state index in [9.17, 15) is 0 Å². The highest BCUT2D eigenvalue weighted by Gasteiger charge is 2.43. The summed E-state index contributed by atoms with van der Waals surface area (Å²) >= 11 is 3.81. The Morgan fingerprint density at radius 1 is 0.186 bits per heavy atom. The molecule has 6 heteroatoms. The molecule has 4 aliphatic carbocycles. The first kappa shape index (κ1) is 84.3. The fourth-order valence-corrected chi connectivity index (χ4v) is 26.0. The van der Waals surface area contributed by atoms with Gasteiger partial charge in [0, 0.05) is 124 Å². The van der Waals surface area contributed by atoms with Crippen molar-refractivity contribution in [1.29, 1.82) is 0 Å². The first-order chi connectivity index (χ1) is 68.4. The number of thiophene rings is 2. The zero-order valence-corrected chi connectivity index (χ0v) is 81.0. The van der Waals surface area contributed by atoms with Crippen LogP contribution in [0.25, 0.3) is 162 Å². The van der Waals surface area contributed by atoms with Gasteiger partial charge in [0.05, 0.1) is 5.69 Å². The molecular formula is C134H99N3OS2. The summed E-state index contributed by atoms with van der Waals surface area (Å²) in [6.45, 7) is 18.9. The summed E-state index contributed by atoms with van der Waals surface area (Å²) in [7, 11) is 0. The second-order valence-electron chi connectivity index (χ2n) is 40.1. The van der Waals surface area contributed by atoms with Crippen LogP contribution in [0, 0.1) is 0 Å². The number of furan rings is 1. The Morgan fingerprint density at radius 2 is 0.543 bits per heavy atom. The summed E-state index contributed by atoms with van der Waals surface area (Å²) in [5, 5.41) is 12.8. The molecule has 0 fully saturated rings. The summed E-state index contributed by atoms with van der Waals surface area (Å²) in [5.74, 6) is 0. The normalized spacial score (nSPS) is 13.8. The molecule has 0 bridgehead atoms. The van der Waals surface area contributed by atoms with E-state index >= 15 is 0 Å². The summed E-state index contributed by atoms with van der Waals surface area (Å²) in [5.41, 5.74) is 41.2. The van der Waals surface area contributed by atoms with Crippen molar-refractivity contribution in [3.63, 3.8) is 0 Å². The number of fused-ring (bicyclic) bond motifs is 26. The molecule has 28 rings (SSSR count). The van der Waals surface area contributed by atoms with E-state index in [4.69, 9.17) is 4.42 Å². The van der Waals surface area contributed by atoms with Crippen molar-refractivity contribution in [2.24, 2.45) is 0 Å². The van der Waals surface area contributed by atoms with Crippen molar-refractivity contribution in [1.82, 2.24) is 0 Å². The van der Waals surface area contributed by atoms with E-state index in [1.165, 1.54) is 212 Å². The van der Waals surface area contributed by atoms with Gasteiger partial charge < -0.3 is 19.1 Å². The molecule has 0 atom stereocenters. The number of hydrogen-bond donors (Lipinski definition) is 0. The lowest BCUT2D eigenvalue weighted by Crippen LogP contribution is -2.16. The zero-order chi connectivity index (χ0) is 94.0. The van der Waals surface area contributed by atoms with Crippen molar-refractivity contribution < 1.29 is 4.42 Å². The van der Waals surface area contributed by atoms with Crippen molar-refractivity contribution in [2.75, 3.05) is 14.7 Å². The monoisotopic (exact) mass is 1830 g/mol. The Kier molecular flexibility index (Phi) is 19.7. The molecule has 3 aromatic heterocycles. The predicted octanol–water partition coefficient (Wildman–Crippen LogP) is 38.6. The number of nitrogens with zero attached hydrogens (tertiary/aromatic N) is 3. The Hall–Kier alpha value is -16.2. The van der Waals surface area contributed by atoms with Crippen molar-refractivity contribution in [3.8, 4) is 77.9 Å². The maximum Gasteiger partial charge on any atom is 0.136 e. The molecule has 24 aromatic rings. The molecule has 140 heavy (non-hydrogen) atoms. The molecule has 0 saturated carbocycles. The van der Waals surface area contributed by atoms with Gasteiger partial charge in [-0.15, -0.1) is 22.7 Å². The van der Waals surface area contributed by atoms with Crippen LogP contribution in [0.4, 0.5) is 51.2 Å². The molecule has 4 aliphatic rings. The van der Waals surface area contributed by atoms with Gasteiger partial charge in [0.1, 0.15) is 11.2 Å². The van der Waals surface area contributed by atoms with E-state index in [1.54, 1.807) is 0 Å². The minimum Gasteiger partial charge on any atom is -0.456 e. The van der Waals surface area contributed by atoms with Crippen LogP contribution in [0.2, 0.25) is 0 Å². The van der Waals surface area contributed by atoms with Crippen LogP contribution >= 0.6 is 22.7 Å². The van der Waals surface area contributed by atoms with Gasteiger partial charge in [-0.1, -0.05) is 365 Å². The molecule has 21 aromatic carbocycles. The van der Waals surface area contributed by atoms with Gasteiger partial charge in [-0.3, -0.25) is 0 Å². The topological polar surface area (TPSA) is 22.9 Å². The summed E-state index contributed by atoms with van der Waals surface area (Å²) in [4.78, 5) is 7.26. The predicted molar refractivity (Wildman–Crippen MR) is 598 cm³/mol. The summed E-state index contributed by atoms with van der Waals surface area (Å²) < 4.78 is 11.7. The number of benzene rings is 21. The maximum absolute atomic E-state index is 6.30. The lowest BCUT2D eigenvalue weighted by atomic mass is 9.82.